The molecule has 1 aliphatic heterocycles. The highest BCUT2D eigenvalue weighted by Crippen LogP contribution is 1.97. The van der Waals surface area contributed by atoms with E-state index in [2.05, 4.69) is 27.9 Å². The molecule has 0 spiro atoms. The summed E-state index contributed by atoms with van der Waals surface area (Å²) < 4.78 is 1.98. The Bertz CT molecular complexity index is 108. The van der Waals surface area contributed by atoms with Crippen molar-refractivity contribution in [2.45, 2.75) is 0 Å². The number of halogens is 1. The van der Waals surface area contributed by atoms with E-state index < -0.39 is 0 Å². The second-order valence-corrected chi connectivity index (χ2v) is 2.47. The van der Waals surface area contributed by atoms with Gasteiger partial charge in [-0.2, -0.15) is 0 Å². The molecule has 0 N–H and O–H groups in total. The first kappa shape index (κ1) is 5.08. The average Bonchev–Trinajstić information content (AvgIpc) is 1.69. The first-order chi connectivity index (χ1) is 3.39. The SMILES string of the molecule is IN1C=NC=CC1. The molecule has 1 aliphatic rings. The van der Waals surface area contributed by atoms with Gasteiger partial charge in [0, 0.05) is 12.7 Å². The van der Waals surface area contributed by atoms with E-state index in [0.717, 1.165) is 6.54 Å². The van der Waals surface area contributed by atoms with Crippen LogP contribution in [0, 0.1) is 0 Å². The topological polar surface area (TPSA) is 15.6 Å². The smallest absolute Gasteiger partial charge is 0.0994 e. The maximum atomic E-state index is 3.87. The highest BCUT2D eigenvalue weighted by atomic mass is 127. The minimum absolute atomic E-state index is 0.976. The molecule has 7 heavy (non-hydrogen) atoms. The van der Waals surface area contributed by atoms with Crippen molar-refractivity contribution in [3.8, 4) is 0 Å². The molecular weight excluding hydrogens is 203 g/mol. The van der Waals surface area contributed by atoms with Crippen LogP contribution < -0.4 is 0 Å². The van der Waals surface area contributed by atoms with Crippen molar-refractivity contribution >= 4 is 29.2 Å². The first-order valence-corrected chi connectivity index (χ1v) is 2.97. The van der Waals surface area contributed by atoms with E-state index in [-0.39, 0.29) is 0 Å². The van der Waals surface area contributed by atoms with E-state index in [9.17, 15) is 0 Å². The van der Waals surface area contributed by atoms with Crippen LogP contribution in [-0.2, 0) is 0 Å². The number of rotatable bonds is 0. The first-order valence-electron chi connectivity index (χ1n) is 2.00. The molecule has 0 aromatic heterocycles. The zero-order chi connectivity index (χ0) is 5.11. The van der Waals surface area contributed by atoms with Crippen molar-refractivity contribution in [1.29, 1.82) is 0 Å². The quantitative estimate of drug-likeness (QED) is 0.431. The lowest BCUT2D eigenvalue weighted by molar-refractivity contribution is 0.821. The fraction of sp³-hybridized carbons (Fsp3) is 0.250. The number of aliphatic imine (C=N–C) groups is 1. The van der Waals surface area contributed by atoms with Gasteiger partial charge >= 0.3 is 0 Å². The Balaban J connectivity index is 2.49. The Labute approximate surface area is 56.4 Å². The van der Waals surface area contributed by atoms with Crippen LogP contribution in [0.1, 0.15) is 0 Å². The van der Waals surface area contributed by atoms with Gasteiger partial charge in [-0.1, -0.05) is 0 Å². The van der Waals surface area contributed by atoms with Crippen LogP contribution in [0.25, 0.3) is 0 Å². The molecule has 0 radical (unpaired) electrons. The Morgan fingerprint density at radius 2 is 2.57 bits per heavy atom. The molecule has 0 aliphatic carbocycles. The number of nitrogens with zero attached hydrogens (tertiary/aromatic N) is 2. The van der Waals surface area contributed by atoms with E-state index >= 15 is 0 Å². The van der Waals surface area contributed by atoms with Crippen molar-refractivity contribution < 1.29 is 0 Å². The molecule has 0 atom stereocenters. The normalized spacial score (nSPS) is 18.1. The predicted molar refractivity (Wildman–Crippen MR) is 38.4 cm³/mol. The average molecular weight is 208 g/mol. The highest BCUT2D eigenvalue weighted by Gasteiger charge is 1.89. The van der Waals surface area contributed by atoms with Gasteiger partial charge in [-0.05, 0) is 6.08 Å². The third-order valence-electron chi connectivity index (χ3n) is 0.663. The second kappa shape index (κ2) is 2.30. The van der Waals surface area contributed by atoms with Gasteiger partial charge < -0.3 is 3.11 Å². The molecule has 0 amide bonds. The fourth-order valence-electron chi connectivity index (χ4n) is 0.367. The van der Waals surface area contributed by atoms with Gasteiger partial charge in [0.25, 0.3) is 0 Å². The van der Waals surface area contributed by atoms with Crippen LogP contribution in [0.5, 0.6) is 0 Å². The molecule has 0 aromatic rings. The molecule has 0 bridgehead atoms. The molecule has 0 saturated carbocycles. The summed E-state index contributed by atoms with van der Waals surface area (Å²) in [6.45, 7) is 0.976. The summed E-state index contributed by atoms with van der Waals surface area (Å²) in [7, 11) is 0. The van der Waals surface area contributed by atoms with Crippen LogP contribution in [-0.4, -0.2) is 16.0 Å². The third kappa shape index (κ3) is 1.46. The van der Waals surface area contributed by atoms with Crippen molar-refractivity contribution in [2.75, 3.05) is 6.54 Å². The van der Waals surface area contributed by atoms with Gasteiger partial charge in [-0.25, -0.2) is 4.99 Å². The minimum Gasteiger partial charge on any atom is -0.301 e. The lowest BCUT2D eigenvalue weighted by atomic mass is 10.6. The summed E-state index contributed by atoms with van der Waals surface area (Å²) in [5, 5.41) is 0. The summed E-state index contributed by atoms with van der Waals surface area (Å²) in [6.07, 6.45) is 5.60. The van der Waals surface area contributed by atoms with E-state index in [4.69, 9.17) is 0 Å². The van der Waals surface area contributed by atoms with E-state index in [0.29, 0.717) is 0 Å². The third-order valence-corrected chi connectivity index (χ3v) is 1.31. The number of hydrogen-bond acceptors (Lipinski definition) is 2. The molecule has 1 heterocycles. The second-order valence-electron chi connectivity index (χ2n) is 1.23. The standard InChI is InChI=1S/C4H5IN2/c5-7-3-1-2-6-4-7/h1-2,4H,3H2. The maximum absolute atomic E-state index is 3.87. The van der Waals surface area contributed by atoms with Gasteiger partial charge in [-0.15, -0.1) is 0 Å². The van der Waals surface area contributed by atoms with Crippen LogP contribution >= 0.6 is 22.9 Å². The summed E-state index contributed by atoms with van der Waals surface area (Å²) in [4.78, 5) is 3.87. The van der Waals surface area contributed by atoms with Gasteiger partial charge in [-0.3, -0.25) is 0 Å². The summed E-state index contributed by atoms with van der Waals surface area (Å²) in [5.41, 5.74) is 0. The Kier molecular flexibility index (Phi) is 1.67. The van der Waals surface area contributed by atoms with E-state index in [1.54, 1.807) is 12.5 Å². The molecule has 38 valence electrons. The van der Waals surface area contributed by atoms with Gasteiger partial charge in [0.2, 0.25) is 0 Å². The molecule has 0 saturated heterocycles. The van der Waals surface area contributed by atoms with Crippen molar-refractivity contribution in [1.82, 2.24) is 3.11 Å². The molecular formula is C4H5IN2. The van der Waals surface area contributed by atoms with Crippen LogP contribution in [0.15, 0.2) is 17.3 Å². The molecule has 2 nitrogen and oxygen atoms in total. The van der Waals surface area contributed by atoms with Crippen LogP contribution in [0.3, 0.4) is 0 Å². The van der Waals surface area contributed by atoms with Gasteiger partial charge in [0.1, 0.15) is 0 Å². The lowest BCUT2D eigenvalue weighted by Gasteiger charge is -2.07. The van der Waals surface area contributed by atoms with Crippen molar-refractivity contribution in [3.05, 3.63) is 12.3 Å². The molecule has 0 fully saturated rings. The largest absolute Gasteiger partial charge is 0.301 e. The van der Waals surface area contributed by atoms with Gasteiger partial charge in [0.15, 0.2) is 0 Å². The predicted octanol–water partition coefficient (Wildman–Crippen LogP) is 1.19. The van der Waals surface area contributed by atoms with Crippen molar-refractivity contribution in [2.24, 2.45) is 4.99 Å². The monoisotopic (exact) mass is 208 g/mol. The molecule has 1 rings (SSSR count). The van der Waals surface area contributed by atoms with Crippen LogP contribution in [0.2, 0.25) is 0 Å². The fourth-order valence-corrected chi connectivity index (χ4v) is 0.738. The number of hydrogen-bond donors (Lipinski definition) is 0. The van der Waals surface area contributed by atoms with Gasteiger partial charge in [0.05, 0.1) is 29.2 Å². The molecule has 0 unspecified atom stereocenters. The summed E-state index contributed by atoms with van der Waals surface area (Å²) >= 11 is 2.19. The van der Waals surface area contributed by atoms with Crippen molar-refractivity contribution in [3.63, 3.8) is 0 Å². The van der Waals surface area contributed by atoms with E-state index in [1.165, 1.54) is 0 Å². The zero-order valence-electron chi connectivity index (χ0n) is 3.71. The lowest BCUT2D eigenvalue weighted by Crippen LogP contribution is -2.09. The minimum atomic E-state index is 0.976. The molecule has 3 heteroatoms. The Morgan fingerprint density at radius 1 is 1.71 bits per heavy atom. The molecule has 0 aromatic carbocycles. The maximum Gasteiger partial charge on any atom is 0.0994 e. The summed E-state index contributed by atoms with van der Waals surface area (Å²) in [6, 6.07) is 0. The highest BCUT2D eigenvalue weighted by molar-refractivity contribution is 14.1. The Morgan fingerprint density at radius 3 is 2.86 bits per heavy atom. The van der Waals surface area contributed by atoms with E-state index in [1.807, 2.05) is 9.19 Å². The zero-order valence-corrected chi connectivity index (χ0v) is 5.87. The Hall–Kier alpha value is -0.0600. The summed E-state index contributed by atoms with van der Waals surface area (Å²) in [5.74, 6) is 0. The van der Waals surface area contributed by atoms with Crippen LogP contribution in [0.4, 0.5) is 0 Å².